The lowest BCUT2D eigenvalue weighted by Crippen LogP contribution is -2.10. The van der Waals surface area contributed by atoms with Crippen LogP contribution in [0.5, 0.6) is 0 Å². The summed E-state index contributed by atoms with van der Waals surface area (Å²) in [5.74, 6) is 0. The van der Waals surface area contributed by atoms with Crippen LogP contribution in [0.3, 0.4) is 0 Å². The molecular formula is C11H15NO2. The number of carbonyl (C=O) groups excluding carboxylic acids is 1. The summed E-state index contributed by atoms with van der Waals surface area (Å²) in [7, 11) is 5.45. The first-order valence-electron chi connectivity index (χ1n) is 4.44. The molecule has 3 nitrogen and oxygen atoms in total. The van der Waals surface area contributed by atoms with E-state index in [1.54, 1.807) is 0 Å². The highest BCUT2D eigenvalue weighted by Crippen LogP contribution is 2.19. The van der Waals surface area contributed by atoms with Crippen molar-refractivity contribution in [2.45, 2.75) is 6.10 Å². The number of methoxy groups -OCH3 is 1. The predicted octanol–water partition coefficient (Wildman–Crippen LogP) is 1.64. The smallest absolute Gasteiger partial charge is 0.153 e. The SMILES string of the molecule is COC(C=O)c1cccc(N(C)C)c1. The Morgan fingerprint density at radius 1 is 1.43 bits per heavy atom. The van der Waals surface area contributed by atoms with Gasteiger partial charge in [-0.3, -0.25) is 0 Å². The highest BCUT2D eigenvalue weighted by Gasteiger charge is 2.09. The molecule has 14 heavy (non-hydrogen) atoms. The first-order chi connectivity index (χ1) is 6.69. The number of carbonyl (C=O) groups is 1. The molecule has 0 amide bonds. The van der Waals surface area contributed by atoms with Crippen LogP contribution >= 0.6 is 0 Å². The fraction of sp³-hybridized carbons (Fsp3) is 0.364. The molecule has 0 fully saturated rings. The number of anilines is 1. The van der Waals surface area contributed by atoms with E-state index in [9.17, 15) is 4.79 Å². The lowest BCUT2D eigenvalue weighted by Gasteiger charge is -2.15. The van der Waals surface area contributed by atoms with E-state index >= 15 is 0 Å². The quantitative estimate of drug-likeness (QED) is 0.681. The van der Waals surface area contributed by atoms with Crippen LogP contribution < -0.4 is 4.90 Å². The Hall–Kier alpha value is -1.35. The molecule has 0 aromatic heterocycles. The zero-order chi connectivity index (χ0) is 10.6. The van der Waals surface area contributed by atoms with Gasteiger partial charge in [-0.15, -0.1) is 0 Å². The molecule has 0 spiro atoms. The van der Waals surface area contributed by atoms with Crippen molar-refractivity contribution in [2.24, 2.45) is 0 Å². The minimum atomic E-state index is -0.463. The molecule has 0 bridgehead atoms. The van der Waals surface area contributed by atoms with E-state index < -0.39 is 6.10 Å². The van der Waals surface area contributed by atoms with E-state index in [0.717, 1.165) is 17.5 Å². The zero-order valence-electron chi connectivity index (χ0n) is 8.73. The van der Waals surface area contributed by atoms with E-state index in [0.29, 0.717) is 0 Å². The average Bonchev–Trinajstić information content (AvgIpc) is 2.20. The molecule has 1 rings (SSSR count). The summed E-state index contributed by atoms with van der Waals surface area (Å²) < 4.78 is 5.03. The van der Waals surface area contributed by atoms with Crippen LogP contribution in [0, 0.1) is 0 Å². The monoisotopic (exact) mass is 193 g/mol. The van der Waals surface area contributed by atoms with Crippen molar-refractivity contribution in [3.05, 3.63) is 29.8 Å². The predicted molar refractivity (Wildman–Crippen MR) is 56.6 cm³/mol. The summed E-state index contributed by atoms with van der Waals surface area (Å²) >= 11 is 0. The van der Waals surface area contributed by atoms with Crippen molar-refractivity contribution in [1.29, 1.82) is 0 Å². The van der Waals surface area contributed by atoms with Crippen molar-refractivity contribution >= 4 is 12.0 Å². The van der Waals surface area contributed by atoms with Crippen LogP contribution in [-0.4, -0.2) is 27.5 Å². The lowest BCUT2D eigenvalue weighted by molar-refractivity contribution is -0.116. The number of benzene rings is 1. The molecule has 0 saturated carbocycles. The fourth-order valence-corrected chi connectivity index (χ4v) is 1.25. The van der Waals surface area contributed by atoms with Gasteiger partial charge in [0, 0.05) is 26.9 Å². The molecule has 1 aromatic carbocycles. The van der Waals surface area contributed by atoms with Crippen LogP contribution in [0.2, 0.25) is 0 Å². The average molecular weight is 193 g/mol. The lowest BCUT2D eigenvalue weighted by atomic mass is 10.1. The van der Waals surface area contributed by atoms with E-state index in [2.05, 4.69) is 0 Å². The summed E-state index contributed by atoms with van der Waals surface area (Å²) in [6, 6.07) is 7.74. The molecule has 1 atom stereocenters. The zero-order valence-corrected chi connectivity index (χ0v) is 8.73. The number of ether oxygens (including phenoxy) is 1. The fourth-order valence-electron chi connectivity index (χ4n) is 1.25. The van der Waals surface area contributed by atoms with Crippen LogP contribution in [0.1, 0.15) is 11.7 Å². The molecule has 0 aliphatic heterocycles. The molecule has 0 aliphatic rings. The third-order valence-corrected chi connectivity index (χ3v) is 2.09. The van der Waals surface area contributed by atoms with Crippen molar-refractivity contribution in [3.8, 4) is 0 Å². The van der Waals surface area contributed by atoms with Crippen molar-refractivity contribution < 1.29 is 9.53 Å². The minimum Gasteiger partial charge on any atom is -0.378 e. The Morgan fingerprint density at radius 3 is 2.64 bits per heavy atom. The second-order valence-electron chi connectivity index (χ2n) is 3.28. The Kier molecular flexibility index (Phi) is 3.65. The third kappa shape index (κ3) is 2.33. The van der Waals surface area contributed by atoms with Gasteiger partial charge in [0.1, 0.15) is 6.10 Å². The number of nitrogens with zero attached hydrogens (tertiary/aromatic N) is 1. The van der Waals surface area contributed by atoms with Gasteiger partial charge < -0.3 is 14.4 Å². The molecule has 0 radical (unpaired) electrons. The minimum absolute atomic E-state index is 0.463. The second-order valence-corrected chi connectivity index (χ2v) is 3.28. The van der Waals surface area contributed by atoms with Gasteiger partial charge in [-0.2, -0.15) is 0 Å². The van der Waals surface area contributed by atoms with Gasteiger partial charge in [-0.1, -0.05) is 12.1 Å². The number of hydrogen-bond donors (Lipinski definition) is 0. The molecule has 0 saturated heterocycles. The molecule has 76 valence electrons. The van der Waals surface area contributed by atoms with Gasteiger partial charge >= 0.3 is 0 Å². The summed E-state index contributed by atoms with van der Waals surface area (Å²) in [5.41, 5.74) is 1.94. The normalized spacial score (nSPS) is 12.2. The maximum atomic E-state index is 10.7. The van der Waals surface area contributed by atoms with Crippen molar-refractivity contribution in [3.63, 3.8) is 0 Å². The maximum Gasteiger partial charge on any atom is 0.153 e. The van der Waals surface area contributed by atoms with Crippen LogP contribution in [-0.2, 0) is 9.53 Å². The van der Waals surface area contributed by atoms with Crippen LogP contribution in [0.25, 0.3) is 0 Å². The van der Waals surface area contributed by atoms with Crippen LogP contribution in [0.4, 0.5) is 5.69 Å². The first-order valence-corrected chi connectivity index (χ1v) is 4.44. The highest BCUT2D eigenvalue weighted by molar-refractivity contribution is 5.62. The first kappa shape index (κ1) is 10.7. The summed E-state index contributed by atoms with van der Waals surface area (Å²) in [6.45, 7) is 0. The Bertz CT molecular complexity index is 310. The molecule has 0 heterocycles. The van der Waals surface area contributed by atoms with Gasteiger partial charge in [0.05, 0.1) is 0 Å². The molecule has 0 aliphatic carbocycles. The van der Waals surface area contributed by atoms with E-state index in [4.69, 9.17) is 4.74 Å². The second kappa shape index (κ2) is 4.77. The number of hydrogen-bond acceptors (Lipinski definition) is 3. The van der Waals surface area contributed by atoms with Gasteiger partial charge in [0.15, 0.2) is 6.29 Å². The van der Waals surface area contributed by atoms with E-state index in [1.807, 2.05) is 43.3 Å². The van der Waals surface area contributed by atoms with Gasteiger partial charge in [0.2, 0.25) is 0 Å². The standard InChI is InChI=1S/C11H15NO2/c1-12(2)10-6-4-5-9(7-10)11(8-13)14-3/h4-8,11H,1-3H3. The van der Waals surface area contributed by atoms with Crippen LogP contribution in [0.15, 0.2) is 24.3 Å². The largest absolute Gasteiger partial charge is 0.378 e. The van der Waals surface area contributed by atoms with Gasteiger partial charge in [-0.25, -0.2) is 0 Å². The van der Waals surface area contributed by atoms with Gasteiger partial charge in [-0.05, 0) is 17.7 Å². The topological polar surface area (TPSA) is 29.5 Å². The van der Waals surface area contributed by atoms with Crippen molar-refractivity contribution in [2.75, 3.05) is 26.1 Å². The highest BCUT2D eigenvalue weighted by atomic mass is 16.5. The third-order valence-electron chi connectivity index (χ3n) is 2.09. The Balaban J connectivity index is 2.98. The molecule has 0 N–H and O–H groups in total. The van der Waals surface area contributed by atoms with Gasteiger partial charge in [0.25, 0.3) is 0 Å². The maximum absolute atomic E-state index is 10.7. The number of aldehydes is 1. The summed E-state index contributed by atoms with van der Waals surface area (Å²) in [5, 5.41) is 0. The van der Waals surface area contributed by atoms with E-state index in [-0.39, 0.29) is 0 Å². The number of rotatable bonds is 4. The van der Waals surface area contributed by atoms with Crippen molar-refractivity contribution in [1.82, 2.24) is 0 Å². The molecule has 1 aromatic rings. The summed E-state index contributed by atoms with van der Waals surface area (Å²) in [6.07, 6.45) is 0.337. The Labute approximate surface area is 84.3 Å². The van der Waals surface area contributed by atoms with E-state index in [1.165, 1.54) is 7.11 Å². The molecule has 3 heteroatoms. The molecular weight excluding hydrogens is 178 g/mol. The Morgan fingerprint density at radius 2 is 2.14 bits per heavy atom. The summed E-state index contributed by atoms with van der Waals surface area (Å²) in [4.78, 5) is 12.7. The molecule has 1 unspecified atom stereocenters.